The maximum atomic E-state index is 13.2. The normalized spacial score (nSPS) is 14.7. The van der Waals surface area contributed by atoms with Crippen LogP contribution in [0, 0.1) is 6.92 Å². The number of alkyl halides is 3. The number of esters is 1. The van der Waals surface area contributed by atoms with E-state index in [-0.39, 0.29) is 24.0 Å². The van der Waals surface area contributed by atoms with E-state index in [2.05, 4.69) is 5.32 Å². The Balaban J connectivity index is 1.75. The number of carbonyl (C=O) groups is 2. The average molecular weight is 627 g/mol. The first-order chi connectivity index (χ1) is 19.5. The van der Waals surface area contributed by atoms with E-state index >= 15 is 0 Å². The number of aryl methyl sites for hydroxylation is 1. The first-order valence-corrected chi connectivity index (χ1v) is 15.0. The van der Waals surface area contributed by atoms with Crippen LogP contribution in [-0.2, 0) is 26.3 Å². The number of hydrogen-bond acceptors (Lipinski definition) is 9. The molecule has 1 aliphatic heterocycles. The Morgan fingerprint density at radius 3 is 2.40 bits per heavy atom. The van der Waals surface area contributed by atoms with E-state index < -0.39 is 40.0 Å². The maximum absolute atomic E-state index is 13.2. The van der Waals surface area contributed by atoms with Crippen molar-refractivity contribution in [2.24, 2.45) is 0 Å². The Bertz CT molecular complexity index is 1630. The molecule has 0 saturated heterocycles. The summed E-state index contributed by atoms with van der Waals surface area (Å²) in [6.07, 6.45) is -6.21. The van der Waals surface area contributed by atoms with E-state index in [1.54, 1.807) is 45.2 Å². The summed E-state index contributed by atoms with van der Waals surface area (Å²) in [5, 5.41) is 3.22. The van der Waals surface area contributed by atoms with Crippen molar-refractivity contribution in [1.29, 1.82) is 0 Å². The Morgan fingerprint density at radius 1 is 1.10 bits per heavy atom. The summed E-state index contributed by atoms with van der Waals surface area (Å²) in [7, 11) is -1.60. The van der Waals surface area contributed by atoms with Gasteiger partial charge in [0.05, 0.1) is 30.7 Å². The van der Waals surface area contributed by atoms with Gasteiger partial charge in [0.25, 0.3) is 5.91 Å². The zero-order chi connectivity index (χ0) is 31.0. The van der Waals surface area contributed by atoms with Crippen LogP contribution in [0.25, 0.3) is 11.1 Å². The van der Waals surface area contributed by atoms with Crippen LogP contribution in [0.5, 0.6) is 11.5 Å². The molecule has 0 fully saturated rings. The van der Waals surface area contributed by atoms with Gasteiger partial charge in [-0.25, -0.2) is 4.79 Å². The topological polar surface area (TPSA) is 111 Å². The van der Waals surface area contributed by atoms with Crippen molar-refractivity contribution < 1.29 is 44.8 Å². The second-order valence-corrected chi connectivity index (χ2v) is 13.1. The largest absolute Gasteiger partial charge is 0.496 e. The molecule has 226 valence electrons. The minimum Gasteiger partial charge on any atom is -0.496 e. The van der Waals surface area contributed by atoms with Gasteiger partial charge < -0.3 is 23.9 Å². The fourth-order valence-corrected chi connectivity index (χ4v) is 6.28. The molecule has 1 aromatic heterocycles. The second kappa shape index (κ2) is 11.5. The van der Waals surface area contributed by atoms with Crippen molar-refractivity contribution in [2.75, 3.05) is 30.1 Å². The van der Waals surface area contributed by atoms with E-state index in [1.165, 1.54) is 41.5 Å². The van der Waals surface area contributed by atoms with Crippen molar-refractivity contribution in [1.82, 2.24) is 0 Å². The number of likely N-dealkylation sites (N-methyl/N-ethyl adjacent to an activating group) is 1. The average Bonchev–Trinajstić information content (AvgIpc) is 3.35. The summed E-state index contributed by atoms with van der Waals surface area (Å²) in [4.78, 5) is 28.8. The molecule has 0 saturated carbocycles. The fourth-order valence-electron chi connectivity index (χ4n) is 4.56. The summed E-state index contributed by atoms with van der Waals surface area (Å²) in [6.45, 7) is 5.13. The zero-order valence-electron chi connectivity index (χ0n) is 23.4. The van der Waals surface area contributed by atoms with Crippen molar-refractivity contribution in [3.8, 4) is 22.6 Å². The summed E-state index contributed by atoms with van der Waals surface area (Å²) >= 11 is 1.28. The Morgan fingerprint density at radius 2 is 1.79 bits per heavy atom. The minimum atomic E-state index is -4.66. The number of carbonyl (C=O) groups excluding carboxylic acids is 2. The molecular weight excluding hydrogens is 597 g/mol. The quantitative estimate of drug-likeness (QED) is 0.230. The number of thiophene rings is 1. The van der Waals surface area contributed by atoms with Gasteiger partial charge in [-0.1, -0.05) is 6.07 Å². The number of fused-ring (bicyclic) bond motifs is 1. The molecule has 0 unspecified atom stereocenters. The Labute approximate surface area is 245 Å². The van der Waals surface area contributed by atoms with E-state index in [9.17, 15) is 31.2 Å². The van der Waals surface area contributed by atoms with Gasteiger partial charge in [0.1, 0.15) is 28.5 Å². The van der Waals surface area contributed by atoms with E-state index in [4.69, 9.17) is 13.7 Å². The third-order valence-electron chi connectivity index (χ3n) is 6.52. The zero-order valence-corrected chi connectivity index (χ0v) is 25.1. The number of nitrogens with zero attached hydrogens (tertiary/aromatic N) is 1. The van der Waals surface area contributed by atoms with Crippen molar-refractivity contribution >= 4 is 44.7 Å². The van der Waals surface area contributed by atoms with Crippen molar-refractivity contribution in [2.45, 2.75) is 45.5 Å². The molecule has 2 heterocycles. The number of anilines is 2. The summed E-state index contributed by atoms with van der Waals surface area (Å²) in [6, 6.07) is 11.0. The van der Waals surface area contributed by atoms with Crippen molar-refractivity contribution in [3.05, 3.63) is 57.8 Å². The lowest BCUT2D eigenvalue weighted by Crippen LogP contribution is -2.52. The molecule has 9 nitrogen and oxygen atoms in total. The standard InChI is InChI=1S/C28H29F3N2O7S2/c1-16-6-11-23(41-16)25(34)39-15-20-18(9-10-21-24(20)33(4)26(35)27(2,3)32-21)19-8-7-17(14-22(19)38-5)40-42(36,37)13-12-28(29,30)31/h6-11,14,32H,12-13,15H2,1-5H3. The van der Waals surface area contributed by atoms with Gasteiger partial charge >= 0.3 is 22.3 Å². The lowest BCUT2D eigenvalue weighted by Gasteiger charge is -2.39. The SMILES string of the molecule is COc1cc(OS(=O)(=O)CCC(F)(F)F)ccc1-c1ccc2c(c1COC(=O)c1ccc(C)s1)N(C)C(=O)C(C)(C)N2. The van der Waals surface area contributed by atoms with E-state index in [1.807, 2.05) is 6.92 Å². The van der Waals surface area contributed by atoms with Gasteiger partial charge in [0.2, 0.25) is 0 Å². The van der Waals surface area contributed by atoms with Gasteiger partial charge in [0.15, 0.2) is 0 Å². The smallest absolute Gasteiger partial charge is 0.390 e. The molecule has 1 amide bonds. The highest BCUT2D eigenvalue weighted by molar-refractivity contribution is 7.87. The number of halogens is 3. The predicted octanol–water partition coefficient (Wildman–Crippen LogP) is 5.92. The number of benzene rings is 2. The molecular formula is C28H29F3N2O7S2. The lowest BCUT2D eigenvalue weighted by molar-refractivity contribution is -0.130. The fraction of sp³-hybridized carbons (Fsp3) is 0.357. The third-order valence-corrected chi connectivity index (χ3v) is 8.65. The van der Waals surface area contributed by atoms with E-state index in [0.29, 0.717) is 32.9 Å². The van der Waals surface area contributed by atoms with Crippen LogP contribution in [-0.4, -0.2) is 51.9 Å². The van der Waals surface area contributed by atoms with Crippen LogP contribution in [0.1, 0.15) is 40.4 Å². The van der Waals surface area contributed by atoms with Crippen LogP contribution < -0.4 is 19.1 Å². The van der Waals surface area contributed by atoms with Gasteiger partial charge in [0, 0.05) is 29.1 Å². The third kappa shape index (κ3) is 6.81. The first-order valence-electron chi connectivity index (χ1n) is 12.6. The number of amides is 1. The Hall–Kier alpha value is -3.78. The summed E-state index contributed by atoms with van der Waals surface area (Å²) in [5.74, 6) is -2.12. The molecule has 1 N–H and O–H groups in total. The summed E-state index contributed by atoms with van der Waals surface area (Å²) in [5.41, 5.74) is 1.61. The highest BCUT2D eigenvalue weighted by atomic mass is 32.2. The van der Waals surface area contributed by atoms with E-state index in [0.717, 1.165) is 4.88 Å². The van der Waals surface area contributed by atoms with Crippen LogP contribution >= 0.6 is 11.3 Å². The molecule has 14 heteroatoms. The molecule has 0 bridgehead atoms. The van der Waals surface area contributed by atoms with Gasteiger partial charge in [-0.2, -0.15) is 21.6 Å². The second-order valence-electron chi connectivity index (χ2n) is 10.2. The lowest BCUT2D eigenvalue weighted by atomic mass is 9.92. The highest BCUT2D eigenvalue weighted by Gasteiger charge is 2.39. The number of rotatable bonds is 9. The minimum absolute atomic E-state index is 0.137. The number of hydrogen-bond donors (Lipinski definition) is 1. The molecule has 42 heavy (non-hydrogen) atoms. The highest BCUT2D eigenvalue weighted by Crippen LogP contribution is 2.45. The molecule has 1 aliphatic rings. The van der Waals surface area contributed by atoms with Gasteiger partial charge in [-0.15, -0.1) is 11.3 Å². The predicted molar refractivity (Wildman–Crippen MR) is 153 cm³/mol. The molecule has 0 aliphatic carbocycles. The van der Waals surface area contributed by atoms with Gasteiger partial charge in [-0.05, 0) is 56.7 Å². The Kier molecular flexibility index (Phi) is 8.52. The molecule has 0 atom stereocenters. The molecule has 0 radical (unpaired) electrons. The first kappa shape index (κ1) is 31.2. The number of ether oxygens (including phenoxy) is 2. The van der Waals surface area contributed by atoms with Crippen molar-refractivity contribution in [3.63, 3.8) is 0 Å². The summed E-state index contributed by atoms with van der Waals surface area (Å²) < 4.78 is 78.0. The monoisotopic (exact) mass is 626 g/mol. The molecule has 4 rings (SSSR count). The number of methoxy groups -OCH3 is 1. The maximum Gasteiger partial charge on any atom is 0.390 e. The van der Waals surface area contributed by atoms with Crippen LogP contribution in [0.3, 0.4) is 0 Å². The van der Waals surface area contributed by atoms with Crippen LogP contribution in [0.2, 0.25) is 0 Å². The van der Waals surface area contributed by atoms with Crippen LogP contribution in [0.15, 0.2) is 42.5 Å². The van der Waals surface area contributed by atoms with Crippen LogP contribution in [0.4, 0.5) is 24.5 Å². The molecule has 3 aromatic rings. The number of nitrogens with one attached hydrogen (secondary N) is 1. The van der Waals surface area contributed by atoms with Gasteiger partial charge in [-0.3, -0.25) is 4.79 Å². The molecule has 0 spiro atoms. The molecule has 2 aromatic carbocycles.